The number of nitrogens with zero attached hydrogens (tertiary/aromatic N) is 3. The van der Waals surface area contributed by atoms with E-state index in [2.05, 4.69) is 31.1 Å². The molecule has 0 fully saturated rings. The molecule has 1 aromatic heterocycles. The lowest BCUT2D eigenvalue weighted by Crippen LogP contribution is -2.10. The molecule has 0 saturated carbocycles. The van der Waals surface area contributed by atoms with Crippen LogP contribution in [-0.2, 0) is 11.2 Å². The van der Waals surface area contributed by atoms with Gasteiger partial charge in [-0.2, -0.15) is 10.1 Å². The maximum absolute atomic E-state index is 12.9. The van der Waals surface area contributed by atoms with Crippen LogP contribution in [-0.4, -0.2) is 27.6 Å². The standard InChI is InChI=1S/C19H19FN6O/c1-13(27)23-16-3-2-4-17(11-16)24-18-12-22-26-19(25-18)21-10-9-14-5-7-15(20)8-6-14/h2-8,11-12H,9-10H2,1H3,(H,23,27)(H2,21,24,25,26). The Kier molecular flexibility index (Phi) is 5.88. The smallest absolute Gasteiger partial charge is 0.244 e. The first-order valence-electron chi connectivity index (χ1n) is 8.41. The van der Waals surface area contributed by atoms with E-state index in [9.17, 15) is 9.18 Å². The van der Waals surface area contributed by atoms with Gasteiger partial charge in [0.15, 0.2) is 5.82 Å². The molecule has 1 heterocycles. The summed E-state index contributed by atoms with van der Waals surface area (Å²) in [5.74, 6) is 0.526. The number of hydrogen-bond acceptors (Lipinski definition) is 6. The van der Waals surface area contributed by atoms with Crippen LogP contribution in [0, 0.1) is 5.82 Å². The molecule has 3 rings (SSSR count). The highest BCUT2D eigenvalue weighted by molar-refractivity contribution is 5.89. The van der Waals surface area contributed by atoms with E-state index in [0.29, 0.717) is 30.4 Å². The first kappa shape index (κ1) is 18.2. The molecule has 0 radical (unpaired) electrons. The van der Waals surface area contributed by atoms with Crippen LogP contribution in [0.3, 0.4) is 0 Å². The van der Waals surface area contributed by atoms with E-state index in [1.165, 1.54) is 25.3 Å². The van der Waals surface area contributed by atoms with Gasteiger partial charge in [-0.3, -0.25) is 4.79 Å². The van der Waals surface area contributed by atoms with Crippen LogP contribution in [0.25, 0.3) is 0 Å². The van der Waals surface area contributed by atoms with E-state index in [1.807, 2.05) is 12.1 Å². The van der Waals surface area contributed by atoms with Crippen molar-refractivity contribution in [2.45, 2.75) is 13.3 Å². The molecule has 0 bridgehead atoms. The van der Waals surface area contributed by atoms with Gasteiger partial charge in [0.05, 0.1) is 6.20 Å². The van der Waals surface area contributed by atoms with E-state index in [1.54, 1.807) is 24.3 Å². The second-order valence-electron chi connectivity index (χ2n) is 5.86. The molecule has 1 amide bonds. The molecular weight excluding hydrogens is 347 g/mol. The van der Waals surface area contributed by atoms with E-state index in [0.717, 1.165) is 11.3 Å². The Hall–Kier alpha value is -3.55. The Morgan fingerprint density at radius 3 is 2.67 bits per heavy atom. The van der Waals surface area contributed by atoms with Gasteiger partial charge in [-0.05, 0) is 42.3 Å². The molecule has 7 nitrogen and oxygen atoms in total. The molecule has 0 saturated heterocycles. The van der Waals surface area contributed by atoms with Crippen molar-refractivity contribution < 1.29 is 9.18 Å². The summed E-state index contributed by atoms with van der Waals surface area (Å²) in [5.41, 5.74) is 2.46. The molecule has 0 aliphatic heterocycles. The van der Waals surface area contributed by atoms with Crippen LogP contribution in [0.5, 0.6) is 0 Å². The van der Waals surface area contributed by atoms with E-state index >= 15 is 0 Å². The number of nitrogens with one attached hydrogen (secondary N) is 3. The fourth-order valence-corrected chi connectivity index (χ4v) is 2.43. The Balaban J connectivity index is 1.58. The van der Waals surface area contributed by atoms with E-state index in [4.69, 9.17) is 0 Å². The van der Waals surface area contributed by atoms with Crippen LogP contribution >= 0.6 is 0 Å². The first-order chi connectivity index (χ1) is 13.1. The van der Waals surface area contributed by atoms with E-state index in [-0.39, 0.29) is 11.7 Å². The second kappa shape index (κ2) is 8.70. The monoisotopic (exact) mass is 366 g/mol. The third-order valence-corrected chi connectivity index (χ3v) is 3.62. The molecule has 138 valence electrons. The first-order valence-corrected chi connectivity index (χ1v) is 8.41. The predicted molar refractivity (Wildman–Crippen MR) is 102 cm³/mol. The van der Waals surface area contributed by atoms with Crippen molar-refractivity contribution in [3.8, 4) is 0 Å². The average molecular weight is 366 g/mol. The van der Waals surface area contributed by atoms with Crippen molar-refractivity contribution in [1.82, 2.24) is 15.2 Å². The van der Waals surface area contributed by atoms with Crippen molar-refractivity contribution in [2.24, 2.45) is 0 Å². The van der Waals surface area contributed by atoms with Gasteiger partial charge >= 0.3 is 0 Å². The van der Waals surface area contributed by atoms with Crippen LogP contribution in [0.4, 0.5) is 27.5 Å². The zero-order valence-corrected chi connectivity index (χ0v) is 14.7. The third-order valence-electron chi connectivity index (χ3n) is 3.62. The summed E-state index contributed by atoms with van der Waals surface area (Å²) in [6, 6.07) is 13.6. The maximum atomic E-state index is 12.9. The molecule has 27 heavy (non-hydrogen) atoms. The largest absolute Gasteiger partial charge is 0.353 e. The summed E-state index contributed by atoms with van der Waals surface area (Å²) in [5, 5.41) is 16.8. The number of halogens is 1. The zero-order valence-electron chi connectivity index (χ0n) is 14.7. The molecule has 0 unspecified atom stereocenters. The van der Waals surface area contributed by atoms with Crippen molar-refractivity contribution >= 4 is 29.0 Å². The Labute approximate surface area is 156 Å². The zero-order chi connectivity index (χ0) is 19.1. The number of rotatable bonds is 7. The predicted octanol–water partition coefficient (Wildman–Crippen LogP) is 3.37. The number of hydrogen-bond donors (Lipinski definition) is 3. The lowest BCUT2D eigenvalue weighted by atomic mass is 10.1. The highest BCUT2D eigenvalue weighted by Crippen LogP contribution is 2.19. The molecule has 2 aromatic carbocycles. The van der Waals surface area contributed by atoms with Crippen LogP contribution in [0.2, 0.25) is 0 Å². The molecule has 0 aliphatic rings. The Bertz CT molecular complexity index is 916. The average Bonchev–Trinajstić information content (AvgIpc) is 2.63. The number of amides is 1. The van der Waals surface area contributed by atoms with Crippen molar-refractivity contribution in [3.63, 3.8) is 0 Å². The summed E-state index contributed by atoms with van der Waals surface area (Å²) >= 11 is 0. The molecule has 0 aliphatic carbocycles. The number of benzene rings is 2. The van der Waals surface area contributed by atoms with Crippen molar-refractivity contribution in [3.05, 3.63) is 66.1 Å². The topological polar surface area (TPSA) is 91.8 Å². The van der Waals surface area contributed by atoms with Gasteiger partial charge < -0.3 is 16.0 Å². The maximum Gasteiger partial charge on any atom is 0.244 e. The van der Waals surface area contributed by atoms with Gasteiger partial charge in [0.25, 0.3) is 0 Å². The SMILES string of the molecule is CC(=O)Nc1cccc(Nc2cnnc(NCCc3ccc(F)cc3)n2)c1. The van der Waals surface area contributed by atoms with E-state index < -0.39 is 0 Å². The van der Waals surface area contributed by atoms with Gasteiger partial charge in [0.1, 0.15) is 5.82 Å². The summed E-state index contributed by atoms with van der Waals surface area (Å²) in [7, 11) is 0. The minimum Gasteiger partial charge on any atom is -0.353 e. The Morgan fingerprint density at radius 2 is 1.89 bits per heavy atom. The minimum absolute atomic E-state index is 0.136. The summed E-state index contributed by atoms with van der Waals surface area (Å²) in [6.07, 6.45) is 2.22. The van der Waals surface area contributed by atoms with Crippen molar-refractivity contribution in [2.75, 3.05) is 22.5 Å². The van der Waals surface area contributed by atoms with Gasteiger partial charge in [-0.15, -0.1) is 5.10 Å². The van der Waals surface area contributed by atoms with Gasteiger partial charge in [0, 0.05) is 24.8 Å². The molecule has 3 N–H and O–H groups in total. The highest BCUT2D eigenvalue weighted by atomic mass is 19.1. The summed E-state index contributed by atoms with van der Waals surface area (Å²) in [6.45, 7) is 2.05. The summed E-state index contributed by atoms with van der Waals surface area (Å²) in [4.78, 5) is 15.5. The minimum atomic E-state index is -0.249. The Morgan fingerprint density at radius 1 is 1.11 bits per heavy atom. The molecule has 0 spiro atoms. The normalized spacial score (nSPS) is 10.3. The van der Waals surface area contributed by atoms with Gasteiger partial charge in [-0.1, -0.05) is 18.2 Å². The molecule has 0 atom stereocenters. The number of carbonyl (C=O) groups excluding carboxylic acids is 1. The molecular formula is C19H19FN6O. The number of carbonyl (C=O) groups is 1. The van der Waals surface area contributed by atoms with Crippen LogP contribution < -0.4 is 16.0 Å². The molecule has 8 heteroatoms. The summed E-state index contributed by atoms with van der Waals surface area (Å²) < 4.78 is 12.9. The lowest BCUT2D eigenvalue weighted by Gasteiger charge is -2.09. The van der Waals surface area contributed by atoms with Crippen LogP contribution in [0.15, 0.2) is 54.7 Å². The van der Waals surface area contributed by atoms with Gasteiger partial charge in [0.2, 0.25) is 11.9 Å². The highest BCUT2D eigenvalue weighted by Gasteiger charge is 2.03. The second-order valence-corrected chi connectivity index (χ2v) is 5.86. The number of anilines is 4. The fourth-order valence-electron chi connectivity index (χ4n) is 2.43. The fraction of sp³-hybridized carbons (Fsp3) is 0.158. The quantitative estimate of drug-likeness (QED) is 0.594. The van der Waals surface area contributed by atoms with Gasteiger partial charge in [-0.25, -0.2) is 4.39 Å². The number of aromatic nitrogens is 3. The lowest BCUT2D eigenvalue weighted by molar-refractivity contribution is -0.114. The van der Waals surface area contributed by atoms with Crippen molar-refractivity contribution in [1.29, 1.82) is 0 Å². The molecule has 3 aromatic rings. The third kappa shape index (κ3) is 5.74. The van der Waals surface area contributed by atoms with Crippen LogP contribution in [0.1, 0.15) is 12.5 Å².